The predicted octanol–water partition coefficient (Wildman–Crippen LogP) is 4.92. The number of rotatable bonds is 5. The van der Waals surface area contributed by atoms with E-state index < -0.39 is 0 Å². The Labute approximate surface area is 179 Å². The summed E-state index contributed by atoms with van der Waals surface area (Å²) in [6.07, 6.45) is 0. The molecule has 0 spiro atoms. The van der Waals surface area contributed by atoms with Gasteiger partial charge >= 0.3 is 6.03 Å². The highest BCUT2D eigenvalue weighted by molar-refractivity contribution is 5.97. The van der Waals surface area contributed by atoms with E-state index >= 15 is 0 Å². The Kier molecular flexibility index (Phi) is 5.66. The number of hydrogen-bond acceptors (Lipinski definition) is 3. The molecule has 3 aromatic carbocycles. The molecule has 4 rings (SSSR count). The summed E-state index contributed by atoms with van der Waals surface area (Å²) >= 11 is 0. The van der Waals surface area contributed by atoms with Gasteiger partial charge in [0.05, 0.1) is 5.69 Å². The zero-order chi connectivity index (χ0) is 21.8. The van der Waals surface area contributed by atoms with Crippen molar-refractivity contribution in [2.75, 3.05) is 18.1 Å². The van der Waals surface area contributed by atoms with Gasteiger partial charge in [-0.2, -0.15) is 5.10 Å². The second-order valence-electron chi connectivity index (χ2n) is 7.13. The summed E-state index contributed by atoms with van der Waals surface area (Å²) in [5.41, 5.74) is 9.73. The van der Waals surface area contributed by atoms with Crippen molar-refractivity contribution < 1.29 is 9.18 Å². The number of nitrogen functional groups attached to an aromatic ring is 1. The van der Waals surface area contributed by atoms with E-state index in [1.807, 2.05) is 60.7 Å². The molecule has 7 heteroatoms. The zero-order valence-corrected chi connectivity index (χ0v) is 17.0. The molecule has 0 radical (unpaired) electrons. The van der Waals surface area contributed by atoms with Gasteiger partial charge in [0, 0.05) is 19.2 Å². The molecule has 6 nitrogen and oxygen atoms in total. The van der Waals surface area contributed by atoms with Gasteiger partial charge in [0.1, 0.15) is 17.2 Å². The summed E-state index contributed by atoms with van der Waals surface area (Å²) < 4.78 is 14.9. The van der Waals surface area contributed by atoms with E-state index in [0.29, 0.717) is 23.6 Å². The number of nitrogens with one attached hydrogen (secondary N) is 1. The van der Waals surface area contributed by atoms with Crippen molar-refractivity contribution in [2.24, 2.45) is 0 Å². The Morgan fingerprint density at radius 2 is 1.61 bits per heavy atom. The summed E-state index contributed by atoms with van der Waals surface area (Å²) in [7, 11) is 1.71. The van der Waals surface area contributed by atoms with Gasteiger partial charge in [-0.1, -0.05) is 60.7 Å². The molecule has 0 aliphatic carbocycles. The topological polar surface area (TPSA) is 76.2 Å². The maximum Gasteiger partial charge on any atom is 0.322 e. The minimum atomic E-state index is -0.353. The number of urea groups is 1. The molecule has 4 aromatic rings. The number of amides is 2. The molecule has 0 aliphatic heterocycles. The van der Waals surface area contributed by atoms with E-state index in [2.05, 4.69) is 10.4 Å². The second-order valence-corrected chi connectivity index (χ2v) is 7.13. The largest absolute Gasteiger partial charge is 0.382 e. The van der Waals surface area contributed by atoms with E-state index in [9.17, 15) is 9.18 Å². The smallest absolute Gasteiger partial charge is 0.322 e. The van der Waals surface area contributed by atoms with Crippen molar-refractivity contribution in [1.29, 1.82) is 0 Å². The van der Waals surface area contributed by atoms with Crippen LogP contribution < -0.4 is 11.1 Å². The number of halogens is 1. The van der Waals surface area contributed by atoms with E-state index in [1.54, 1.807) is 24.1 Å². The van der Waals surface area contributed by atoms with Gasteiger partial charge in [0.25, 0.3) is 0 Å². The first-order valence-corrected chi connectivity index (χ1v) is 9.79. The monoisotopic (exact) mass is 415 g/mol. The average Bonchev–Trinajstić information content (AvgIpc) is 3.11. The molecular formula is C24H22FN5O. The summed E-state index contributed by atoms with van der Waals surface area (Å²) in [6.45, 7) is 0.444. The number of aromatic nitrogens is 2. The third-order valence-corrected chi connectivity index (χ3v) is 4.88. The lowest BCUT2D eigenvalue weighted by atomic mass is 10.1. The first kappa shape index (κ1) is 20.2. The quantitative estimate of drug-likeness (QED) is 0.486. The zero-order valence-electron chi connectivity index (χ0n) is 17.0. The lowest BCUT2D eigenvalue weighted by Crippen LogP contribution is -2.31. The Morgan fingerprint density at radius 3 is 2.26 bits per heavy atom. The van der Waals surface area contributed by atoms with E-state index in [1.165, 1.54) is 16.8 Å². The summed E-state index contributed by atoms with van der Waals surface area (Å²) in [4.78, 5) is 14.5. The summed E-state index contributed by atoms with van der Waals surface area (Å²) in [5, 5.41) is 7.52. The number of hydrogen-bond donors (Lipinski definition) is 2. The van der Waals surface area contributed by atoms with Crippen LogP contribution in [0.1, 0.15) is 5.56 Å². The fraction of sp³-hybridized carbons (Fsp3) is 0.0833. The number of nitrogens with two attached hydrogens (primary N) is 1. The Morgan fingerprint density at radius 1 is 1.00 bits per heavy atom. The predicted molar refractivity (Wildman–Crippen MR) is 120 cm³/mol. The number of carbonyl (C=O) groups excluding carboxylic acids is 1. The molecule has 0 saturated carbocycles. The van der Waals surface area contributed by atoms with Crippen LogP contribution in [0.2, 0.25) is 0 Å². The molecule has 156 valence electrons. The van der Waals surface area contributed by atoms with Crippen molar-refractivity contribution in [3.8, 4) is 16.9 Å². The maximum atomic E-state index is 13.4. The average molecular weight is 415 g/mol. The highest BCUT2D eigenvalue weighted by Gasteiger charge is 2.21. The molecule has 0 atom stereocenters. The molecule has 1 aromatic heterocycles. The number of nitrogens with zero attached hydrogens (tertiary/aromatic N) is 3. The minimum absolute atomic E-state index is 0.256. The standard InChI is InChI=1S/C24H22FN5O/c1-29(16-17-8-4-2-5-9-17)24(31)27-22-21(18-10-6-3-7-11-18)28-30(23(22)26)20-14-12-19(25)13-15-20/h2-15H,16,26H2,1H3,(H,27,31). The van der Waals surface area contributed by atoms with Gasteiger partial charge in [0.15, 0.2) is 5.82 Å². The number of carbonyl (C=O) groups is 1. The van der Waals surface area contributed by atoms with Crippen LogP contribution in [-0.4, -0.2) is 27.8 Å². The molecule has 31 heavy (non-hydrogen) atoms. The lowest BCUT2D eigenvalue weighted by molar-refractivity contribution is 0.220. The fourth-order valence-electron chi connectivity index (χ4n) is 3.26. The van der Waals surface area contributed by atoms with Gasteiger partial charge < -0.3 is 16.0 Å². The second kappa shape index (κ2) is 8.71. The molecular weight excluding hydrogens is 393 g/mol. The fourth-order valence-corrected chi connectivity index (χ4v) is 3.26. The van der Waals surface area contributed by atoms with Crippen LogP contribution >= 0.6 is 0 Å². The van der Waals surface area contributed by atoms with Crippen LogP contribution in [0.4, 0.5) is 20.7 Å². The maximum absolute atomic E-state index is 13.4. The van der Waals surface area contributed by atoms with Crippen LogP contribution in [0, 0.1) is 5.82 Å². The summed E-state index contributed by atoms with van der Waals surface area (Å²) in [6, 6.07) is 24.7. The molecule has 0 unspecified atom stereocenters. The van der Waals surface area contributed by atoms with E-state index in [-0.39, 0.29) is 17.7 Å². The molecule has 0 fully saturated rings. The SMILES string of the molecule is CN(Cc1ccccc1)C(=O)Nc1c(-c2ccccc2)nn(-c2ccc(F)cc2)c1N. The molecule has 0 aliphatic rings. The van der Waals surface area contributed by atoms with E-state index in [0.717, 1.165) is 11.1 Å². The highest BCUT2D eigenvalue weighted by Crippen LogP contribution is 2.34. The van der Waals surface area contributed by atoms with Crippen LogP contribution in [0.15, 0.2) is 84.9 Å². The normalized spacial score (nSPS) is 10.6. The first-order valence-electron chi connectivity index (χ1n) is 9.79. The lowest BCUT2D eigenvalue weighted by Gasteiger charge is -2.18. The molecule has 0 bridgehead atoms. The van der Waals surface area contributed by atoms with Crippen LogP contribution in [-0.2, 0) is 6.54 Å². The van der Waals surface area contributed by atoms with Gasteiger partial charge in [-0.25, -0.2) is 13.9 Å². The number of anilines is 2. The van der Waals surface area contributed by atoms with Crippen LogP contribution in [0.3, 0.4) is 0 Å². The molecule has 0 saturated heterocycles. The van der Waals surface area contributed by atoms with Crippen molar-refractivity contribution in [3.05, 3.63) is 96.3 Å². The van der Waals surface area contributed by atoms with Gasteiger partial charge in [-0.15, -0.1) is 0 Å². The molecule has 2 amide bonds. The first-order chi connectivity index (χ1) is 15.0. The Bertz CT molecular complexity index is 1170. The molecule has 1 heterocycles. The van der Waals surface area contributed by atoms with Crippen molar-refractivity contribution in [1.82, 2.24) is 14.7 Å². The molecule has 3 N–H and O–H groups in total. The van der Waals surface area contributed by atoms with Crippen LogP contribution in [0.25, 0.3) is 16.9 Å². The van der Waals surface area contributed by atoms with Gasteiger partial charge in [-0.3, -0.25) is 0 Å². The third kappa shape index (κ3) is 4.40. The minimum Gasteiger partial charge on any atom is -0.382 e. The Balaban J connectivity index is 1.68. The van der Waals surface area contributed by atoms with Crippen molar-refractivity contribution in [2.45, 2.75) is 6.54 Å². The summed E-state index contributed by atoms with van der Waals surface area (Å²) in [5.74, 6) is -0.0965. The van der Waals surface area contributed by atoms with Crippen LogP contribution in [0.5, 0.6) is 0 Å². The van der Waals surface area contributed by atoms with Crippen molar-refractivity contribution in [3.63, 3.8) is 0 Å². The highest BCUT2D eigenvalue weighted by atomic mass is 19.1. The third-order valence-electron chi connectivity index (χ3n) is 4.88. The van der Waals surface area contributed by atoms with Crippen molar-refractivity contribution >= 4 is 17.5 Å². The number of benzene rings is 3. The Hall–Kier alpha value is -4.13. The van der Waals surface area contributed by atoms with E-state index in [4.69, 9.17) is 5.73 Å². The van der Waals surface area contributed by atoms with Gasteiger partial charge in [0.2, 0.25) is 0 Å². The van der Waals surface area contributed by atoms with Gasteiger partial charge in [-0.05, 0) is 29.8 Å².